The van der Waals surface area contributed by atoms with E-state index in [2.05, 4.69) is 5.32 Å². The minimum absolute atomic E-state index is 0.115. The van der Waals surface area contributed by atoms with E-state index in [9.17, 15) is 18.7 Å². The highest BCUT2D eigenvalue weighted by molar-refractivity contribution is 6.30. The van der Waals surface area contributed by atoms with Gasteiger partial charge in [-0.1, -0.05) is 23.7 Å². The summed E-state index contributed by atoms with van der Waals surface area (Å²) in [5.41, 5.74) is -1.47. The Labute approximate surface area is 163 Å². The number of benzene rings is 1. The molecule has 150 valence electrons. The Kier molecular flexibility index (Phi) is 6.39. The van der Waals surface area contributed by atoms with E-state index >= 15 is 0 Å². The molecule has 1 saturated heterocycles. The highest BCUT2D eigenvalue weighted by Crippen LogP contribution is 2.39. The Morgan fingerprint density at radius 3 is 2.52 bits per heavy atom. The number of hydrogen-bond donors (Lipinski definition) is 2. The summed E-state index contributed by atoms with van der Waals surface area (Å²) in [7, 11) is 0. The minimum Gasteiger partial charge on any atom is -0.460 e. The fourth-order valence-corrected chi connectivity index (χ4v) is 4.06. The molecule has 1 aliphatic heterocycles. The van der Waals surface area contributed by atoms with E-state index < -0.39 is 30.0 Å². The van der Waals surface area contributed by atoms with Crippen LogP contribution in [0.2, 0.25) is 5.02 Å². The van der Waals surface area contributed by atoms with Crippen molar-refractivity contribution in [3.8, 4) is 0 Å². The Morgan fingerprint density at radius 2 is 1.93 bits per heavy atom. The average Bonchev–Trinajstić information content (AvgIpc) is 2.99. The normalized spacial score (nSPS) is 25.1. The van der Waals surface area contributed by atoms with Gasteiger partial charge >= 0.3 is 5.97 Å². The lowest BCUT2D eigenvalue weighted by atomic mass is 9.83. The van der Waals surface area contributed by atoms with Gasteiger partial charge in [0.05, 0.1) is 0 Å². The molecule has 0 amide bonds. The van der Waals surface area contributed by atoms with Crippen LogP contribution >= 0.6 is 11.6 Å². The van der Waals surface area contributed by atoms with Gasteiger partial charge in [-0.05, 0) is 68.8 Å². The first-order valence-electron chi connectivity index (χ1n) is 9.56. The maximum atomic E-state index is 13.4. The Balaban J connectivity index is 1.73. The maximum Gasteiger partial charge on any atom is 0.343 e. The number of ether oxygens (including phenoxy) is 1. The van der Waals surface area contributed by atoms with Crippen molar-refractivity contribution in [2.24, 2.45) is 5.92 Å². The van der Waals surface area contributed by atoms with Gasteiger partial charge in [-0.2, -0.15) is 0 Å². The summed E-state index contributed by atoms with van der Waals surface area (Å²) in [4.78, 5) is 12.8. The zero-order chi connectivity index (χ0) is 19.5. The third-order valence-electron chi connectivity index (χ3n) is 5.66. The van der Waals surface area contributed by atoms with Gasteiger partial charge in [0, 0.05) is 17.9 Å². The summed E-state index contributed by atoms with van der Waals surface area (Å²) in [6.45, 7) is 1.84. The van der Waals surface area contributed by atoms with E-state index in [1.54, 1.807) is 24.3 Å². The number of hydrogen-bond acceptors (Lipinski definition) is 4. The molecule has 1 saturated carbocycles. The quantitative estimate of drug-likeness (QED) is 0.706. The number of aliphatic hydroxyl groups is 1. The van der Waals surface area contributed by atoms with Crippen LogP contribution in [0.5, 0.6) is 0 Å². The topological polar surface area (TPSA) is 58.6 Å². The zero-order valence-corrected chi connectivity index (χ0v) is 16.0. The molecule has 2 unspecified atom stereocenters. The highest BCUT2D eigenvalue weighted by atomic mass is 35.5. The molecule has 2 aliphatic rings. The largest absolute Gasteiger partial charge is 0.460 e. The summed E-state index contributed by atoms with van der Waals surface area (Å²) in [5.74, 6) is -3.24. The van der Waals surface area contributed by atoms with Crippen molar-refractivity contribution in [3.05, 3.63) is 34.9 Å². The van der Waals surface area contributed by atoms with Gasteiger partial charge in [-0.15, -0.1) is 0 Å². The third kappa shape index (κ3) is 5.18. The monoisotopic (exact) mass is 401 g/mol. The molecular formula is C20H26ClF2NO3. The number of piperidine rings is 1. The van der Waals surface area contributed by atoms with Crippen molar-refractivity contribution < 1.29 is 23.4 Å². The molecule has 2 N–H and O–H groups in total. The van der Waals surface area contributed by atoms with Crippen molar-refractivity contribution in [1.82, 2.24) is 5.32 Å². The first-order valence-corrected chi connectivity index (χ1v) is 9.94. The summed E-state index contributed by atoms with van der Waals surface area (Å²) >= 11 is 5.92. The van der Waals surface area contributed by atoms with Gasteiger partial charge in [0.2, 0.25) is 0 Å². The number of alkyl halides is 2. The molecular weight excluding hydrogens is 376 g/mol. The molecule has 3 rings (SSSR count). The number of nitrogens with one attached hydrogen (secondary N) is 1. The number of esters is 1. The Morgan fingerprint density at radius 1 is 1.26 bits per heavy atom. The molecule has 27 heavy (non-hydrogen) atoms. The van der Waals surface area contributed by atoms with Crippen molar-refractivity contribution in [1.29, 1.82) is 0 Å². The van der Waals surface area contributed by atoms with Gasteiger partial charge in [0.1, 0.15) is 6.10 Å². The molecule has 0 bridgehead atoms. The second-order valence-electron chi connectivity index (χ2n) is 7.73. The molecule has 2 fully saturated rings. The fraction of sp³-hybridized carbons (Fsp3) is 0.650. The van der Waals surface area contributed by atoms with Gasteiger partial charge in [0.25, 0.3) is 5.92 Å². The molecule has 1 heterocycles. The van der Waals surface area contributed by atoms with E-state index in [1.165, 1.54) is 0 Å². The fourth-order valence-electron chi connectivity index (χ4n) is 3.93. The van der Waals surface area contributed by atoms with Crippen molar-refractivity contribution in [2.45, 2.75) is 62.6 Å². The van der Waals surface area contributed by atoms with Crippen molar-refractivity contribution >= 4 is 17.6 Å². The average molecular weight is 402 g/mol. The smallest absolute Gasteiger partial charge is 0.343 e. The molecule has 2 atom stereocenters. The maximum absolute atomic E-state index is 13.4. The second kappa shape index (κ2) is 8.41. The lowest BCUT2D eigenvalue weighted by Crippen LogP contribution is -2.40. The predicted molar refractivity (Wildman–Crippen MR) is 98.9 cm³/mol. The number of halogens is 3. The third-order valence-corrected chi connectivity index (χ3v) is 5.92. The molecule has 1 aromatic carbocycles. The van der Waals surface area contributed by atoms with Crippen LogP contribution in [0.4, 0.5) is 8.78 Å². The Hall–Kier alpha value is -1.24. The van der Waals surface area contributed by atoms with Crippen LogP contribution in [0.3, 0.4) is 0 Å². The van der Waals surface area contributed by atoms with Crippen LogP contribution in [0.15, 0.2) is 24.3 Å². The van der Waals surface area contributed by atoms with Gasteiger partial charge in [-0.25, -0.2) is 13.6 Å². The minimum atomic E-state index is -2.81. The molecule has 0 spiro atoms. The van der Waals surface area contributed by atoms with Crippen LogP contribution in [0, 0.1) is 5.92 Å². The van der Waals surface area contributed by atoms with Crippen molar-refractivity contribution in [3.63, 3.8) is 0 Å². The van der Waals surface area contributed by atoms with E-state index in [-0.39, 0.29) is 19.3 Å². The van der Waals surface area contributed by atoms with Gasteiger partial charge in [-0.3, -0.25) is 0 Å². The first-order chi connectivity index (χ1) is 12.8. The zero-order valence-electron chi connectivity index (χ0n) is 15.2. The number of carbonyl (C=O) groups excluding carboxylic acids is 1. The van der Waals surface area contributed by atoms with E-state index in [0.717, 1.165) is 25.9 Å². The van der Waals surface area contributed by atoms with Crippen LogP contribution in [0.1, 0.15) is 50.5 Å². The Bertz CT molecular complexity index is 649. The summed E-state index contributed by atoms with van der Waals surface area (Å²) in [6.07, 6.45) is 1.32. The summed E-state index contributed by atoms with van der Waals surface area (Å²) in [5, 5.41) is 15.0. The van der Waals surface area contributed by atoms with Crippen LogP contribution in [-0.2, 0) is 15.1 Å². The van der Waals surface area contributed by atoms with E-state index in [1.807, 2.05) is 0 Å². The van der Waals surface area contributed by atoms with Crippen molar-refractivity contribution in [2.75, 3.05) is 13.1 Å². The molecule has 7 heteroatoms. The summed E-state index contributed by atoms with van der Waals surface area (Å²) in [6, 6.07) is 6.39. The van der Waals surface area contributed by atoms with Crippen LogP contribution < -0.4 is 5.32 Å². The number of rotatable bonds is 6. The molecule has 1 aromatic rings. The van der Waals surface area contributed by atoms with Crippen LogP contribution in [0.25, 0.3) is 0 Å². The number of carbonyl (C=O) groups is 1. The van der Waals surface area contributed by atoms with Gasteiger partial charge in [0.15, 0.2) is 5.60 Å². The van der Waals surface area contributed by atoms with Crippen LogP contribution in [-0.4, -0.2) is 36.2 Å². The molecule has 0 aromatic heterocycles. The SMILES string of the molecule is O=C(OC1CCC(F)(F)C1)C(O)(CCC1CCNCC1)c1ccc(Cl)cc1. The molecule has 4 nitrogen and oxygen atoms in total. The first kappa shape index (κ1) is 20.5. The van der Waals surface area contributed by atoms with E-state index in [4.69, 9.17) is 16.3 Å². The van der Waals surface area contributed by atoms with E-state index in [0.29, 0.717) is 22.9 Å². The lowest BCUT2D eigenvalue weighted by Gasteiger charge is -2.31. The van der Waals surface area contributed by atoms with Gasteiger partial charge < -0.3 is 15.2 Å². The second-order valence-corrected chi connectivity index (χ2v) is 8.16. The highest BCUT2D eigenvalue weighted by Gasteiger charge is 2.45. The lowest BCUT2D eigenvalue weighted by molar-refractivity contribution is -0.174. The molecule has 1 aliphatic carbocycles. The standard InChI is InChI=1S/C20H26ClF2NO3/c21-16-3-1-15(2-4-16)20(26,10-5-14-7-11-24-12-8-14)18(25)27-17-6-9-19(22,23)13-17/h1-4,14,17,24,26H,5-13H2. The summed E-state index contributed by atoms with van der Waals surface area (Å²) < 4.78 is 32.2. The molecule has 0 radical (unpaired) electrons. The predicted octanol–water partition coefficient (Wildman–Crippen LogP) is 4.04.